The Morgan fingerprint density at radius 2 is 0.581 bits per heavy atom. The highest BCUT2D eigenvalue weighted by atomic mass is 16.5. The van der Waals surface area contributed by atoms with Crippen molar-refractivity contribution in [1.29, 1.82) is 0 Å². The number of hydrogen-bond acceptors (Lipinski definition) is 5. The number of nitrogens with one attached hydrogen (secondary N) is 1. The van der Waals surface area contributed by atoms with E-state index in [1.165, 1.54) is 366 Å². The molecule has 6 heteroatoms. The van der Waals surface area contributed by atoms with Crippen LogP contribution in [-0.2, 0) is 14.3 Å². The number of amides is 1. The fourth-order valence-electron chi connectivity index (χ4n) is 12.7. The average Bonchev–Trinajstić information content (AvgIpc) is 3.54. The van der Waals surface area contributed by atoms with E-state index in [4.69, 9.17) is 4.74 Å². The fraction of sp³-hybridized carbons (Fsp3) is 0.925. The van der Waals surface area contributed by atoms with Crippen molar-refractivity contribution < 1.29 is 24.5 Å². The Morgan fingerprint density at radius 3 is 0.895 bits per heavy atom. The fourth-order valence-corrected chi connectivity index (χ4v) is 12.7. The van der Waals surface area contributed by atoms with Gasteiger partial charge in [-0.1, -0.05) is 404 Å². The maximum absolute atomic E-state index is 12.6. The molecule has 0 heterocycles. The summed E-state index contributed by atoms with van der Waals surface area (Å²) in [4.78, 5) is 24.6. The number of carbonyl (C=O) groups excluding carboxylic acids is 2. The molecule has 0 aliphatic carbocycles. The molecule has 0 aromatic rings. The van der Waals surface area contributed by atoms with Crippen LogP contribution in [0, 0.1) is 0 Å². The Morgan fingerprint density at radius 1 is 0.326 bits per heavy atom. The first-order valence-corrected chi connectivity index (χ1v) is 39.6. The smallest absolute Gasteiger partial charge is 0.305 e. The molecule has 0 fully saturated rings. The predicted molar refractivity (Wildman–Crippen MR) is 380 cm³/mol. The molecule has 0 radical (unpaired) electrons. The minimum atomic E-state index is -0.662. The number of rotatable bonds is 75. The summed E-state index contributed by atoms with van der Waals surface area (Å²) >= 11 is 0. The van der Waals surface area contributed by atoms with Crippen LogP contribution in [0.3, 0.4) is 0 Å². The molecule has 0 aliphatic rings. The molecule has 0 aliphatic heterocycles. The van der Waals surface area contributed by atoms with Gasteiger partial charge < -0.3 is 20.3 Å². The van der Waals surface area contributed by atoms with Gasteiger partial charge in [-0.05, 0) is 57.8 Å². The normalized spacial score (nSPS) is 12.6. The van der Waals surface area contributed by atoms with Crippen molar-refractivity contribution in [2.75, 3.05) is 13.2 Å². The Bertz CT molecular complexity index is 1350. The molecule has 0 saturated heterocycles. The largest absolute Gasteiger partial charge is 0.466 e. The first kappa shape index (κ1) is 84.3. The first-order chi connectivity index (χ1) is 42.5. The summed E-state index contributed by atoms with van der Waals surface area (Å²) in [6, 6.07) is -0.538. The molecule has 0 aromatic heterocycles. The van der Waals surface area contributed by atoms with Gasteiger partial charge in [0.1, 0.15) is 0 Å². The van der Waals surface area contributed by atoms with E-state index in [1.54, 1.807) is 0 Å². The standard InChI is InChI=1S/C80H155NO5/c1-3-5-7-9-11-13-15-17-19-21-22-38-41-44-48-52-56-60-64-68-72-78(83)77(76-82)81-79(84)73-69-65-61-57-53-49-45-42-39-36-34-32-30-28-26-24-23-25-27-29-31-33-35-37-40-43-47-51-55-59-63-67-71-75-86-80(85)74-70-66-62-58-54-50-46-20-18-16-14-12-10-8-6-4-2/h14,16,20,46,77-78,82-83H,3-13,15,17-19,21-45,47-76H2,1-2H3,(H,81,84)/b16-14-,46-20-. The number of allylic oxidation sites excluding steroid dienone is 4. The number of aliphatic hydroxyl groups excluding tert-OH is 2. The van der Waals surface area contributed by atoms with Gasteiger partial charge in [0.2, 0.25) is 5.91 Å². The van der Waals surface area contributed by atoms with Gasteiger partial charge in [-0.2, -0.15) is 0 Å². The first-order valence-electron chi connectivity index (χ1n) is 39.6. The van der Waals surface area contributed by atoms with E-state index < -0.39 is 12.1 Å². The zero-order valence-corrected chi connectivity index (χ0v) is 58.6. The minimum absolute atomic E-state index is 0.00914. The SMILES string of the molecule is CCCCCC/C=C\C/C=C\CCCCCCCC(=O)OCCCCCCCCCCCCCCCCCCCCCCCCCCCCCCCCCCCC(=O)NC(CO)C(O)CCCCCCCCCCCCCCCCCCCCCC. The zero-order chi connectivity index (χ0) is 62.0. The molecule has 0 rings (SSSR count). The minimum Gasteiger partial charge on any atom is -0.466 e. The van der Waals surface area contributed by atoms with Crippen molar-refractivity contribution in [3.63, 3.8) is 0 Å². The van der Waals surface area contributed by atoms with Crippen molar-refractivity contribution in [3.8, 4) is 0 Å². The van der Waals surface area contributed by atoms with Crippen molar-refractivity contribution in [2.45, 2.75) is 463 Å². The van der Waals surface area contributed by atoms with Gasteiger partial charge in [0.25, 0.3) is 0 Å². The molecule has 0 aromatic carbocycles. The van der Waals surface area contributed by atoms with E-state index in [2.05, 4.69) is 43.5 Å². The molecular weight excluding hydrogens is 1050 g/mol. The van der Waals surface area contributed by atoms with Crippen molar-refractivity contribution in [3.05, 3.63) is 24.3 Å². The monoisotopic (exact) mass is 1210 g/mol. The Hall–Kier alpha value is -1.66. The predicted octanol–water partition coefficient (Wildman–Crippen LogP) is 26.0. The van der Waals surface area contributed by atoms with Crippen molar-refractivity contribution in [1.82, 2.24) is 5.32 Å². The molecule has 0 bridgehead atoms. The van der Waals surface area contributed by atoms with Crippen LogP contribution < -0.4 is 5.32 Å². The lowest BCUT2D eigenvalue weighted by molar-refractivity contribution is -0.143. The molecule has 0 saturated carbocycles. The second kappa shape index (κ2) is 75.8. The molecule has 2 atom stereocenters. The average molecular weight is 1210 g/mol. The van der Waals surface area contributed by atoms with Gasteiger partial charge in [-0.15, -0.1) is 0 Å². The van der Waals surface area contributed by atoms with E-state index in [0.717, 1.165) is 51.4 Å². The van der Waals surface area contributed by atoms with Crippen LogP contribution in [0.5, 0.6) is 0 Å². The molecule has 6 nitrogen and oxygen atoms in total. The van der Waals surface area contributed by atoms with Crippen LogP contribution in [0.4, 0.5) is 0 Å². The summed E-state index contributed by atoms with van der Waals surface area (Å²) in [6.45, 7) is 4.98. The summed E-state index contributed by atoms with van der Waals surface area (Å²) in [6.07, 6.45) is 97.0. The van der Waals surface area contributed by atoms with E-state index in [9.17, 15) is 19.8 Å². The molecule has 86 heavy (non-hydrogen) atoms. The summed E-state index contributed by atoms with van der Waals surface area (Å²) in [5, 5.41) is 23.4. The zero-order valence-electron chi connectivity index (χ0n) is 58.6. The highest BCUT2D eigenvalue weighted by molar-refractivity contribution is 5.76. The number of unbranched alkanes of at least 4 members (excludes halogenated alkanes) is 60. The quantitative estimate of drug-likeness (QED) is 0.0320. The van der Waals surface area contributed by atoms with Crippen molar-refractivity contribution in [2.24, 2.45) is 0 Å². The highest BCUT2D eigenvalue weighted by Crippen LogP contribution is 2.20. The van der Waals surface area contributed by atoms with Crippen LogP contribution in [0.25, 0.3) is 0 Å². The summed E-state index contributed by atoms with van der Waals surface area (Å²) < 4.78 is 5.50. The lowest BCUT2D eigenvalue weighted by Gasteiger charge is -2.22. The van der Waals surface area contributed by atoms with Crippen LogP contribution in [-0.4, -0.2) is 47.4 Å². The third-order valence-electron chi connectivity index (χ3n) is 18.8. The van der Waals surface area contributed by atoms with E-state index in [1.807, 2.05) is 0 Å². The Kier molecular flexibility index (Phi) is 74.3. The highest BCUT2D eigenvalue weighted by Gasteiger charge is 2.20. The van der Waals surface area contributed by atoms with Crippen LogP contribution in [0.15, 0.2) is 24.3 Å². The van der Waals surface area contributed by atoms with Gasteiger partial charge in [0, 0.05) is 12.8 Å². The van der Waals surface area contributed by atoms with Gasteiger partial charge in [0.15, 0.2) is 0 Å². The van der Waals surface area contributed by atoms with Gasteiger partial charge in [0.05, 0.1) is 25.4 Å². The molecule has 0 spiro atoms. The molecule has 1 amide bonds. The number of hydrogen-bond donors (Lipinski definition) is 3. The van der Waals surface area contributed by atoms with E-state index in [0.29, 0.717) is 25.9 Å². The topological polar surface area (TPSA) is 95.9 Å². The maximum Gasteiger partial charge on any atom is 0.305 e. The molecule has 3 N–H and O–H groups in total. The lowest BCUT2D eigenvalue weighted by atomic mass is 10.0. The third kappa shape index (κ3) is 71.4. The van der Waals surface area contributed by atoms with Gasteiger partial charge in [-0.25, -0.2) is 0 Å². The summed E-state index contributed by atoms with van der Waals surface area (Å²) in [7, 11) is 0. The summed E-state index contributed by atoms with van der Waals surface area (Å²) in [5.41, 5.74) is 0. The Balaban J connectivity index is 3.32. The lowest BCUT2D eigenvalue weighted by Crippen LogP contribution is -2.45. The number of carbonyl (C=O) groups is 2. The van der Waals surface area contributed by atoms with Gasteiger partial charge >= 0.3 is 5.97 Å². The number of ether oxygens (including phenoxy) is 1. The molecule has 510 valence electrons. The molecular formula is C80H155NO5. The Labute approximate surface area is 539 Å². The van der Waals surface area contributed by atoms with E-state index >= 15 is 0 Å². The van der Waals surface area contributed by atoms with Crippen molar-refractivity contribution >= 4 is 11.9 Å². The second-order valence-corrected chi connectivity index (χ2v) is 27.4. The van der Waals surface area contributed by atoms with Crippen LogP contribution in [0.1, 0.15) is 450 Å². The maximum atomic E-state index is 12.6. The summed E-state index contributed by atoms with van der Waals surface area (Å²) in [5.74, 6) is -0.0160. The third-order valence-corrected chi connectivity index (χ3v) is 18.8. The van der Waals surface area contributed by atoms with Crippen LogP contribution in [0.2, 0.25) is 0 Å². The number of aliphatic hydroxyl groups is 2. The van der Waals surface area contributed by atoms with Crippen LogP contribution >= 0.6 is 0 Å². The number of esters is 1. The van der Waals surface area contributed by atoms with Gasteiger partial charge in [-0.3, -0.25) is 9.59 Å². The molecule has 2 unspecified atom stereocenters. The second-order valence-electron chi connectivity index (χ2n) is 27.4. The van der Waals surface area contributed by atoms with E-state index in [-0.39, 0.29) is 18.5 Å².